The fourth-order valence-corrected chi connectivity index (χ4v) is 2.56. The number of rotatable bonds is 5. The second-order valence-electron chi connectivity index (χ2n) is 6.69. The third-order valence-corrected chi connectivity index (χ3v) is 4.03. The lowest BCUT2D eigenvalue weighted by Gasteiger charge is -2.22. The van der Waals surface area contributed by atoms with Crippen LogP contribution in [0.5, 0.6) is 0 Å². The molecule has 2 rings (SSSR count). The van der Waals surface area contributed by atoms with Crippen LogP contribution in [0, 0.1) is 13.8 Å². The molecule has 5 nitrogen and oxygen atoms in total. The molecular formula is C19H26N2O3. The molecule has 0 spiro atoms. The topological polar surface area (TPSA) is 74.5 Å². The van der Waals surface area contributed by atoms with Crippen LogP contribution in [0.4, 0.5) is 10.5 Å². The normalized spacial score (nSPS) is 13.6. The van der Waals surface area contributed by atoms with E-state index in [2.05, 4.69) is 24.5 Å². The maximum atomic E-state index is 12.3. The number of benzene rings is 1. The predicted molar refractivity (Wildman–Crippen MR) is 95.3 cm³/mol. The number of hydrogen-bond donors (Lipinski definition) is 3. The van der Waals surface area contributed by atoms with Crippen molar-refractivity contribution in [2.24, 2.45) is 0 Å². The van der Waals surface area contributed by atoms with E-state index in [1.54, 1.807) is 19.1 Å². The summed E-state index contributed by atoms with van der Waals surface area (Å²) in [6.45, 7) is 9.60. The van der Waals surface area contributed by atoms with Crippen molar-refractivity contribution < 1.29 is 14.3 Å². The Labute approximate surface area is 143 Å². The molecule has 1 heterocycles. The van der Waals surface area contributed by atoms with Gasteiger partial charge in [-0.15, -0.1) is 0 Å². The van der Waals surface area contributed by atoms with Gasteiger partial charge in [-0.3, -0.25) is 0 Å². The average Bonchev–Trinajstić information content (AvgIpc) is 2.94. The van der Waals surface area contributed by atoms with E-state index in [1.165, 1.54) is 0 Å². The van der Waals surface area contributed by atoms with Crippen molar-refractivity contribution in [2.75, 3.05) is 11.9 Å². The van der Waals surface area contributed by atoms with Crippen molar-refractivity contribution >= 4 is 11.7 Å². The first-order valence-corrected chi connectivity index (χ1v) is 8.14. The SMILES string of the molecule is Cc1ccc(C(C)(O)CNC(=O)Nc2c(C)cccc2C(C)C)o1. The molecule has 1 unspecified atom stereocenters. The van der Waals surface area contributed by atoms with Crippen LogP contribution in [-0.2, 0) is 5.60 Å². The molecule has 0 aliphatic carbocycles. The summed E-state index contributed by atoms with van der Waals surface area (Å²) in [5, 5.41) is 16.1. The highest BCUT2D eigenvalue weighted by Crippen LogP contribution is 2.27. The minimum atomic E-state index is -1.27. The zero-order valence-electron chi connectivity index (χ0n) is 14.9. The molecule has 130 valence electrons. The number of carbonyl (C=O) groups excluding carboxylic acids is 1. The van der Waals surface area contributed by atoms with Gasteiger partial charge in [0.1, 0.15) is 17.1 Å². The Hall–Kier alpha value is -2.27. The highest BCUT2D eigenvalue weighted by molar-refractivity contribution is 5.91. The number of anilines is 1. The van der Waals surface area contributed by atoms with E-state index in [1.807, 2.05) is 32.0 Å². The van der Waals surface area contributed by atoms with Crippen molar-refractivity contribution in [3.05, 3.63) is 53.0 Å². The highest BCUT2D eigenvalue weighted by Gasteiger charge is 2.27. The standard InChI is InChI=1S/C19H26N2O3/c1-12(2)15-8-6-7-13(3)17(15)21-18(22)20-11-19(5,23)16-10-9-14(4)24-16/h6-10,12,23H,11H2,1-5H3,(H2,20,21,22). The molecule has 0 aliphatic heterocycles. The van der Waals surface area contributed by atoms with E-state index >= 15 is 0 Å². The van der Waals surface area contributed by atoms with E-state index in [4.69, 9.17) is 4.42 Å². The second kappa shape index (κ2) is 7.09. The van der Waals surface area contributed by atoms with Gasteiger partial charge in [0.15, 0.2) is 0 Å². The molecule has 2 amide bonds. The Morgan fingerprint density at radius 1 is 1.25 bits per heavy atom. The first-order valence-electron chi connectivity index (χ1n) is 8.14. The smallest absolute Gasteiger partial charge is 0.319 e. The summed E-state index contributed by atoms with van der Waals surface area (Å²) in [6.07, 6.45) is 0. The molecule has 0 radical (unpaired) electrons. The van der Waals surface area contributed by atoms with Crippen LogP contribution in [0.1, 0.15) is 49.3 Å². The van der Waals surface area contributed by atoms with Gasteiger partial charge in [0.05, 0.1) is 6.54 Å². The van der Waals surface area contributed by atoms with E-state index in [0.717, 1.165) is 22.6 Å². The van der Waals surface area contributed by atoms with Crippen LogP contribution in [0.2, 0.25) is 0 Å². The number of amides is 2. The third kappa shape index (κ3) is 4.17. The molecule has 0 bridgehead atoms. The van der Waals surface area contributed by atoms with Gasteiger partial charge in [-0.1, -0.05) is 32.0 Å². The lowest BCUT2D eigenvalue weighted by molar-refractivity contribution is 0.0364. The van der Waals surface area contributed by atoms with E-state index in [9.17, 15) is 9.90 Å². The second-order valence-corrected chi connectivity index (χ2v) is 6.69. The fourth-order valence-electron chi connectivity index (χ4n) is 2.56. The van der Waals surface area contributed by atoms with Crippen LogP contribution in [-0.4, -0.2) is 17.7 Å². The number of urea groups is 1. The van der Waals surface area contributed by atoms with E-state index in [0.29, 0.717) is 11.7 Å². The molecule has 0 saturated heterocycles. The molecule has 1 atom stereocenters. The van der Waals surface area contributed by atoms with Gasteiger partial charge in [0.25, 0.3) is 0 Å². The van der Waals surface area contributed by atoms with Crippen LogP contribution in [0.25, 0.3) is 0 Å². The average molecular weight is 330 g/mol. The number of nitrogens with one attached hydrogen (secondary N) is 2. The number of para-hydroxylation sites is 1. The fraction of sp³-hybridized carbons (Fsp3) is 0.421. The van der Waals surface area contributed by atoms with E-state index in [-0.39, 0.29) is 12.6 Å². The zero-order valence-corrected chi connectivity index (χ0v) is 14.9. The number of aryl methyl sites for hydroxylation is 2. The summed E-state index contributed by atoms with van der Waals surface area (Å²) in [4.78, 5) is 12.3. The molecule has 2 aromatic rings. The first kappa shape index (κ1) is 18.1. The maximum absolute atomic E-state index is 12.3. The molecule has 5 heteroatoms. The van der Waals surface area contributed by atoms with Crippen molar-refractivity contribution in [2.45, 2.75) is 46.1 Å². The highest BCUT2D eigenvalue weighted by atomic mass is 16.4. The summed E-state index contributed by atoms with van der Waals surface area (Å²) >= 11 is 0. The monoisotopic (exact) mass is 330 g/mol. The summed E-state index contributed by atoms with van der Waals surface area (Å²) in [7, 11) is 0. The Kier molecular flexibility index (Phi) is 5.34. The summed E-state index contributed by atoms with van der Waals surface area (Å²) < 4.78 is 5.45. The van der Waals surface area contributed by atoms with Crippen LogP contribution >= 0.6 is 0 Å². The molecule has 3 N–H and O–H groups in total. The molecule has 0 fully saturated rings. The summed E-state index contributed by atoms with van der Waals surface area (Å²) in [5.74, 6) is 1.45. The van der Waals surface area contributed by atoms with Gasteiger partial charge >= 0.3 is 6.03 Å². The van der Waals surface area contributed by atoms with Crippen LogP contribution < -0.4 is 10.6 Å². The van der Waals surface area contributed by atoms with E-state index < -0.39 is 5.60 Å². The minimum Gasteiger partial charge on any atom is -0.463 e. The van der Waals surface area contributed by atoms with Gasteiger partial charge in [-0.05, 0) is 49.9 Å². The Balaban J connectivity index is 2.04. The van der Waals surface area contributed by atoms with Crippen LogP contribution in [0.15, 0.2) is 34.7 Å². The predicted octanol–water partition coefficient (Wildman–Crippen LogP) is 4.05. The number of hydrogen-bond acceptors (Lipinski definition) is 3. The minimum absolute atomic E-state index is 0.0503. The molecule has 0 saturated carbocycles. The molecule has 1 aromatic heterocycles. The lowest BCUT2D eigenvalue weighted by atomic mass is 9.98. The Morgan fingerprint density at radius 2 is 1.96 bits per heavy atom. The van der Waals surface area contributed by atoms with Crippen molar-refractivity contribution in [3.8, 4) is 0 Å². The van der Waals surface area contributed by atoms with Gasteiger partial charge in [-0.2, -0.15) is 0 Å². The zero-order chi connectivity index (χ0) is 17.9. The van der Waals surface area contributed by atoms with Gasteiger partial charge in [0, 0.05) is 5.69 Å². The van der Waals surface area contributed by atoms with Crippen LogP contribution in [0.3, 0.4) is 0 Å². The Bertz CT molecular complexity index is 717. The molecule has 0 aliphatic rings. The van der Waals surface area contributed by atoms with Crippen molar-refractivity contribution in [1.82, 2.24) is 5.32 Å². The van der Waals surface area contributed by atoms with Gasteiger partial charge in [-0.25, -0.2) is 4.79 Å². The molecule has 24 heavy (non-hydrogen) atoms. The number of aliphatic hydroxyl groups is 1. The molecule has 1 aromatic carbocycles. The maximum Gasteiger partial charge on any atom is 0.319 e. The summed E-state index contributed by atoms with van der Waals surface area (Å²) in [6, 6.07) is 9.10. The quantitative estimate of drug-likeness (QED) is 0.774. The van der Waals surface area contributed by atoms with Crippen molar-refractivity contribution in [3.63, 3.8) is 0 Å². The van der Waals surface area contributed by atoms with Gasteiger partial charge in [0.2, 0.25) is 0 Å². The Morgan fingerprint density at radius 3 is 2.54 bits per heavy atom. The van der Waals surface area contributed by atoms with Crippen molar-refractivity contribution in [1.29, 1.82) is 0 Å². The first-order chi connectivity index (χ1) is 11.2. The largest absolute Gasteiger partial charge is 0.463 e. The number of carbonyl (C=O) groups is 1. The number of furan rings is 1. The lowest BCUT2D eigenvalue weighted by Crippen LogP contribution is -2.40. The summed E-state index contributed by atoms with van der Waals surface area (Å²) in [5.41, 5.74) is 1.64. The van der Waals surface area contributed by atoms with Gasteiger partial charge < -0.3 is 20.2 Å². The molecular weight excluding hydrogens is 304 g/mol. The third-order valence-electron chi connectivity index (χ3n) is 4.03.